The van der Waals surface area contributed by atoms with Crippen molar-refractivity contribution >= 4 is 33.5 Å². The minimum atomic E-state index is -0.341. The maximum atomic E-state index is 12.8. The number of hydrogen-bond donors (Lipinski definition) is 0. The highest BCUT2D eigenvalue weighted by atomic mass is 32.1. The summed E-state index contributed by atoms with van der Waals surface area (Å²) in [7, 11) is 1.88. The average molecular weight is 312 g/mol. The summed E-state index contributed by atoms with van der Waals surface area (Å²) in [6, 6.07) is 13.8. The Morgan fingerprint density at radius 1 is 1.18 bits per heavy atom. The summed E-state index contributed by atoms with van der Waals surface area (Å²) in [4.78, 5) is 16.7. The zero-order valence-electron chi connectivity index (χ0n) is 11.9. The number of carbonyl (C=O) groups is 1. The molecule has 3 nitrogen and oxygen atoms in total. The van der Waals surface area contributed by atoms with Gasteiger partial charge in [0.05, 0.1) is 10.2 Å². The van der Waals surface area contributed by atoms with Crippen LogP contribution in [0.15, 0.2) is 59.6 Å². The topological polar surface area (TPSA) is 34.4 Å². The van der Waals surface area contributed by atoms with Crippen molar-refractivity contribution in [3.8, 4) is 0 Å². The van der Waals surface area contributed by atoms with Crippen molar-refractivity contribution < 1.29 is 9.18 Å². The first kappa shape index (κ1) is 14.4. The number of fused-ring (bicyclic) bond motifs is 1. The lowest BCUT2D eigenvalue weighted by molar-refractivity contribution is -0.113. The molecule has 0 N–H and O–H groups in total. The number of nitrogens with zero attached hydrogens (tertiary/aromatic N) is 2. The number of benzene rings is 2. The molecule has 22 heavy (non-hydrogen) atoms. The summed E-state index contributed by atoms with van der Waals surface area (Å²) in [5, 5.41) is 0. The summed E-state index contributed by atoms with van der Waals surface area (Å²) >= 11 is 1.47. The Bertz CT molecular complexity index is 920. The van der Waals surface area contributed by atoms with Gasteiger partial charge in [-0.1, -0.05) is 35.6 Å². The van der Waals surface area contributed by atoms with Crippen LogP contribution in [0.2, 0.25) is 0 Å². The number of aryl methyl sites for hydroxylation is 1. The first-order chi connectivity index (χ1) is 10.6. The third-order valence-electron chi connectivity index (χ3n) is 3.21. The van der Waals surface area contributed by atoms with E-state index >= 15 is 0 Å². The van der Waals surface area contributed by atoms with Gasteiger partial charge in [-0.25, -0.2) is 4.39 Å². The smallest absolute Gasteiger partial charge is 0.272 e. The summed E-state index contributed by atoms with van der Waals surface area (Å²) in [6.07, 6.45) is 3.01. The minimum Gasteiger partial charge on any atom is -0.319 e. The molecule has 0 aliphatic heterocycles. The molecule has 0 aliphatic rings. The van der Waals surface area contributed by atoms with E-state index in [1.807, 2.05) is 35.9 Å². The molecule has 0 bridgehead atoms. The second-order valence-electron chi connectivity index (χ2n) is 4.75. The number of hydrogen-bond acceptors (Lipinski definition) is 2. The highest BCUT2D eigenvalue weighted by Crippen LogP contribution is 2.15. The van der Waals surface area contributed by atoms with Crippen molar-refractivity contribution in [3.63, 3.8) is 0 Å². The van der Waals surface area contributed by atoms with Crippen LogP contribution >= 0.6 is 11.3 Å². The molecule has 0 saturated heterocycles. The van der Waals surface area contributed by atoms with Crippen LogP contribution in [0, 0.1) is 5.82 Å². The van der Waals surface area contributed by atoms with Gasteiger partial charge in [0.25, 0.3) is 5.91 Å². The fourth-order valence-corrected chi connectivity index (χ4v) is 3.08. The Kier molecular flexibility index (Phi) is 3.98. The summed E-state index contributed by atoms with van der Waals surface area (Å²) < 4.78 is 15.8. The second-order valence-corrected chi connectivity index (χ2v) is 5.76. The molecule has 2 aromatic carbocycles. The van der Waals surface area contributed by atoms with Crippen molar-refractivity contribution in [2.24, 2.45) is 12.0 Å². The van der Waals surface area contributed by atoms with Gasteiger partial charge in [0.1, 0.15) is 5.82 Å². The number of aromatic nitrogens is 1. The number of amides is 1. The van der Waals surface area contributed by atoms with Crippen LogP contribution in [-0.4, -0.2) is 10.5 Å². The SMILES string of the molecule is Cn1c(=NC(=O)C=Cc2ccc(F)cc2)sc2ccccc21. The Morgan fingerprint density at radius 2 is 1.91 bits per heavy atom. The molecule has 0 radical (unpaired) electrons. The van der Waals surface area contributed by atoms with Crippen molar-refractivity contribution in [1.82, 2.24) is 4.57 Å². The molecule has 1 heterocycles. The van der Waals surface area contributed by atoms with Gasteiger partial charge in [0.15, 0.2) is 4.80 Å². The minimum absolute atomic E-state index is 0.300. The highest BCUT2D eigenvalue weighted by molar-refractivity contribution is 7.16. The molecule has 110 valence electrons. The summed E-state index contributed by atoms with van der Waals surface area (Å²) in [6.45, 7) is 0. The van der Waals surface area contributed by atoms with Gasteiger partial charge in [0.2, 0.25) is 0 Å². The maximum Gasteiger partial charge on any atom is 0.272 e. The number of halogens is 1. The van der Waals surface area contributed by atoms with E-state index in [2.05, 4.69) is 4.99 Å². The number of para-hydroxylation sites is 1. The van der Waals surface area contributed by atoms with Gasteiger partial charge in [-0.05, 0) is 35.9 Å². The van der Waals surface area contributed by atoms with E-state index in [0.717, 1.165) is 15.8 Å². The van der Waals surface area contributed by atoms with E-state index in [1.54, 1.807) is 18.2 Å². The summed E-state index contributed by atoms with van der Waals surface area (Å²) in [5.74, 6) is -0.642. The van der Waals surface area contributed by atoms with Gasteiger partial charge in [0, 0.05) is 13.1 Å². The quantitative estimate of drug-likeness (QED) is 0.667. The first-order valence-electron chi connectivity index (χ1n) is 6.70. The monoisotopic (exact) mass is 312 g/mol. The fraction of sp³-hybridized carbons (Fsp3) is 0.0588. The molecule has 1 aromatic heterocycles. The predicted octanol–water partition coefficient (Wildman–Crippen LogP) is 3.52. The van der Waals surface area contributed by atoms with E-state index in [0.29, 0.717) is 4.80 Å². The van der Waals surface area contributed by atoms with Crippen LogP contribution in [-0.2, 0) is 11.8 Å². The van der Waals surface area contributed by atoms with E-state index in [4.69, 9.17) is 0 Å². The molecule has 3 rings (SSSR count). The van der Waals surface area contributed by atoms with Crippen LogP contribution in [0.3, 0.4) is 0 Å². The third kappa shape index (κ3) is 3.04. The molecule has 0 unspecified atom stereocenters. The van der Waals surface area contributed by atoms with Crippen molar-refractivity contribution in [2.45, 2.75) is 0 Å². The Labute approximate surface area is 130 Å². The number of thiazole rings is 1. The fourth-order valence-electron chi connectivity index (χ4n) is 2.06. The van der Waals surface area contributed by atoms with Gasteiger partial charge < -0.3 is 4.57 Å². The van der Waals surface area contributed by atoms with Crippen LogP contribution in [0.25, 0.3) is 16.3 Å². The van der Waals surface area contributed by atoms with Crippen LogP contribution < -0.4 is 4.80 Å². The lowest BCUT2D eigenvalue weighted by Crippen LogP contribution is -2.12. The van der Waals surface area contributed by atoms with Gasteiger partial charge in [-0.15, -0.1) is 0 Å². The van der Waals surface area contributed by atoms with Crippen molar-refractivity contribution in [3.05, 3.63) is 70.8 Å². The first-order valence-corrected chi connectivity index (χ1v) is 7.52. The summed E-state index contributed by atoms with van der Waals surface area (Å²) in [5.41, 5.74) is 1.80. The van der Waals surface area contributed by atoms with Crippen molar-refractivity contribution in [1.29, 1.82) is 0 Å². The standard InChI is InChI=1S/C17H13FN2OS/c1-20-14-4-2-3-5-15(14)22-17(20)19-16(21)11-8-12-6-9-13(18)10-7-12/h2-11H,1H3. The molecule has 0 spiro atoms. The highest BCUT2D eigenvalue weighted by Gasteiger charge is 2.02. The molecule has 0 atom stereocenters. The van der Waals surface area contributed by atoms with Crippen molar-refractivity contribution in [2.75, 3.05) is 0 Å². The second kappa shape index (κ2) is 6.07. The van der Waals surface area contributed by atoms with Gasteiger partial charge in [-0.3, -0.25) is 4.79 Å². The van der Waals surface area contributed by atoms with E-state index in [1.165, 1.54) is 29.5 Å². The zero-order chi connectivity index (χ0) is 15.5. The zero-order valence-corrected chi connectivity index (χ0v) is 12.7. The Morgan fingerprint density at radius 3 is 2.64 bits per heavy atom. The Hall–Kier alpha value is -2.53. The predicted molar refractivity (Wildman–Crippen MR) is 86.8 cm³/mol. The molecule has 1 amide bonds. The number of carbonyl (C=O) groups excluding carboxylic acids is 1. The van der Waals surface area contributed by atoms with E-state index < -0.39 is 0 Å². The molecule has 0 saturated carbocycles. The normalized spacial score (nSPS) is 12.4. The lowest BCUT2D eigenvalue weighted by Gasteiger charge is -1.93. The maximum absolute atomic E-state index is 12.8. The largest absolute Gasteiger partial charge is 0.319 e. The van der Waals surface area contributed by atoms with Crippen LogP contribution in [0.1, 0.15) is 5.56 Å². The molecule has 0 aliphatic carbocycles. The number of rotatable bonds is 2. The van der Waals surface area contributed by atoms with Crippen LogP contribution in [0.4, 0.5) is 4.39 Å². The van der Waals surface area contributed by atoms with E-state index in [9.17, 15) is 9.18 Å². The lowest BCUT2D eigenvalue weighted by atomic mass is 10.2. The van der Waals surface area contributed by atoms with E-state index in [-0.39, 0.29) is 11.7 Å². The molecule has 5 heteroatoms. The van der Waals surface area contributed by atoms with Gasteiger partial charge >= 0.3 is 0 Å². The third-order valence-corrected chi connectivity index (χ3v) is 4.32. The van der Waals surface area contributed by atoms with Gasteiger partial charge in [-0.2, -0.15) is 4.99 Å². The molecular weight excluding hydrogens is 299 g/mol. The molecular formula is C17H13FN2OS. The molecule has 3 aromatic rings. The molecule has 0 fully saturated rings. The average Bonchev–Trinajstić information content (AvgIpc) is 2.83. The van der Waals surface area contributed by atoms with Crippen LogP contribution in [0.5, 0.6) is 0 Å². The Balaban J connectivity index is 1.88.